The molecule has 1 aliphatic rings. The molecule has 0 spiro atoms. The van der Waals surface area contributed by atoms with Crippen LogP contribution in [0.1, 0.15) is 53.6 Å². The van der Waals surface area contributed by atoms with Crippen molar-refractivity contribution in [2.75, 3.05) is 23.7 Å². The quantitative estimate of drug-likeness (QED) is 0.414. The van der Waals surface area contributed by atoms with E-state index in [9.17, 15) is 9.59 Å². The molecular formula is C28H40N4O2. The fourth-order valence-corrected chi connectivity index (χ4v) is 5.32. The van der Waals surface area contributed by atoms with E-state index in [0.29, 0.717) is 24.9 Å². The largest absolute Gasteiger partial charge is 0.338 e. The van der Waals surface area contributed by atoms with Crippen LogP contribution in [0, 0.1) is 58.8 Å². The summed E-state index contributed by atoms with van der Waals surface area (Å²) in [7, 11) is 0. The molecule has 1 saturated carbocycles. The Hall–Kier alpha value is -3.02. The second kappa shape index (κ2) is 10.1. The number of amides is 4. The van der Waals surface area contributed by atoms with Gasteiger partial charge in [0.25, 0.3) is 0 Å². The standard InChI is InChI=1S/C28H40N4O2/c1-16-9-18(3)24(19(4)10-16)31-26(33)29-14-22-13-23(28(22,7)8)15-30-27(34)32-25-20(5)11-17(2)12-21(25)6/h9-12,22-23H,13-15H2,1-8H3,(H2,29,31,33)(H2,30,32,34)/t22-,23-/m1/s1. The van der Waals surface area contributed by atoms with Gasteiger partial charge in [-0.05, 0) is 87.5 Å². The zero-order valence-electron chi connectivity index (χ0n) is 21.9. The van der Waals surface area contributed by atoms with Gasteiger partial charge in [-0.2, -0.15) is 0 Å². The molecule has 4 amide bonds. The minimum atomic E-state index is -0.171. The van der Waals surface area contributed by atoms with E-state index in [2.05, 4.69) is 73.2 Å². The number of nitrogens with one attached hydrogen (secondary N) is 4. The normalized spacial score (nSPS) is 18.6. The summed E-state index contributed by atoms with van der Waals surface area (Å²) < 4.78 is 0. The lowest BCUT2D eigenvalue weighted by Gasteiger charge is -2.52. The Morgan fingerprint density at radius 3 is 1.32 bits per heavy atom. The number of carbonyl (C=O) groups is 2. The van der Waals surface area contributed by atoms with Gasteiger partial charge in [0.15, 0.2) is 0 Å². The third-order valence-electron chi connectivity index (χ3n) is 7.52. The lowest BCUT2D eigenvalue weighted by molar-refractivity contribution is -0.0142. The first-order valence-electron chi connectivity index (χ1n) is 12.1. The molecule has 0 radical (unpaired) electrons. The van der Waals surface area contributed by atoms with E-state index in [1.807, 2.05) is 27.7 Å². The summed E-state index contributed by atoms with van der Waals surface area (Å²) in [5.74, 6) is 0.741. The van der Waals surface area contributed by atoms with Crippen LogP contribution in [0.15, 0.2) is 24.3 Å². The molecule has 0 heterocycles. The lowest BCUT2D eigenvalue weighted by Crippen LogP contribution is -2.54. The van der Waals surface area contributed by atoms with Crippen molar-refractivity contribution in [1.82, 2.24) is 10.6 Å². The molecule has 34 heavy (non-hydrogen) atoms. The van der Waals surface area contributed by atoms with E-state index in [1.54, 1.807) is 0 Å². The number of rotatable bonds is 6. The van der Waals surface area contributed by atoms with Crippen LogP contribution in [0.5, 0.6) is 0 Å². The highest BCUT2D eigenvalue weighted by atomic mass is 16.2. The molecule has 0 unspecified atom stereocenters. The Kier molecular flexibility index (Phi) is 7.59. The van der Waals surface area contributed by atoms with Crippen molar-refractivity contribution in [2.24, 2.45) is 17.3 Å². The van der Waals surface area contributed by atoms with Gasteiger partial charge >= 0.3 is 12.1 Å². The average molecular weight is 465 g/mol. The maximum absolute atomic E-state index is 12.5. The molecule has 2 aromatic rings. The summed E-state index contributed by atoms with van der Waals surface area (Å²) in [6, 6.07) is 7.96. The summed E-state index contributed by atoms with van der Waals surface area (Å²) in [4.78, 5) is 25.0. The highest BCUT2D eigenvalue weighted by Crippen LogP contribution is 2.50. The van der Waals surface area contributed by atoms with Crippen molar-refractivity contribution in [3.8, 4) is 0 Å². The fourth-order valence-electron chi connectivity index (χ4n) is 5.32. The Bertz CT molecular complexity index is 960. The molecule has 6 heteroatoms. The van der Waals surface area contributed by atoms with E-state index >= 15 is 0 Å². The Morgan fingerprint density at radius 1 is 0.706 bits per heavy atom. The molecular weight excluding hydrogens is 424 g/mol. The molecule has 0 bridgehead atoms. The first-order valence-corrected chi connectivity index (χ1v) is 12.1. The topological polar surface area (TPSA) is 82.3 Å². The first kappa shape index (κ1) is 25.6. The maximum atomic E-state index is 12.5. The second-order valence-corrected chi connectivity index (χ2v) is 10.7. The van der Waals surface area contributed by atoms with Crippen LogP contribution in [-0.4, -0.2) is 25.2 Å². The summed E-state index contributed by atoms with van der Waals surface area (Å²) in [6.07, 6.45) is 0.971. The molecule has 0 aromatic heterocycles. The number of benzene rings is 2. The molecule has 6 nitrogen and oxygen atoms in total. The lowest BCUT2D eigenvalue weighted by atomic mass is 9.54. The number of aryl methyl sites for hydroxylation is 6. The van der Waals surface area contributed by atoms with Crippen LogP contribution in [0.25, 0.3) is 0 Å². The minimum Gasteiger partial charge on any atom is -0.338 e. The van der Waals surface area contributed by atoms with Gasteiger partial charge in [0.1, 0.15) is 0 Å². The van der Waals surface area contributed by atoms with E-state index in [4.69, 9.17) is 0 Å². The monoisotopic (exact) mass is 464 g/mol. The van der Waals surface area contributed by atoms with Gasteiger partial charge in [0.05, 0.1) is 0 Å². The second-order valence-electron chi connectivity index (χ2n) is 10.7. The number of hydrogen-bond donors (Lipinski definition) is 4. The number of carbonyl (C=O) groups excluding carboxylic acids is 2. The van der Waals surface area contributed by atoms with Crippen LogP contribution < -0.4 is 21.3 Å². The predicted octanol–water partition coefficient (Wildman–Crippen LogP) is 6.14. The molecule has 0 saturated heterocycles. The average Bonchev–Trinajstić information content (AvgIpc) is 2.72. The van der Waals surface area contributed by atoms with E-state index in [1.165, 1.54) is 11.1 Å². The van der Waals surface area contributed by atoms with Crippen LogP contribution in [0.3, 0.4) is 0 Å². The van der Waals surface area contributed by atoms with Gasteiger partial charge in [-0.15, -0.1) is 0 Å². The summed E-state index contributed by atoms with van der Waals surface area (Å²) >= 11 is 0. The van der Waals surface area contributed by atoms with E-state index in [0.717, 1.165) is 40.0 Å². The molecule has 184 valence electrons. The van der Waals surface area contributed by atoms with Crippen LogP contribution in [0.2, 0.25) is 0 Å². The predicted molar refractivity (Wildman–Crippen MR) is 141 cm³/mol. The highest BCUT2D eigenvalue weighted by molar-refractivity contribution is 5.91. The molecule has 2 atom stereocenters. The summed E-state index contributed by atoms with van der Waals surface area (Å²) in [5.41, 5.74) is 8.44. The van der Waals surface area contributed by atoms with Crippen molar-refractivity contribution in [3.05, 3.63) is 57.6 Å². The van der Waals surface area contributed by atoms with Crippen molar-refractivity contribution in [1.29, 1.82) is 0 Å². The molecule has 0 aliphatic heterocycles. The van der Waals surface area contributed by atoms with Crippen molar-refractivity contribution in [2.45, 2.75) is 61.8 Å². The Balaban J connectivity index is 1.46. The maximum Gasteiger partial charge on any atom is 0.319 e. The zero-order valence-corrected chi connectivity index (χ0v) is 21.9. The van der Waals surface area contributed by atoms with Gasteiger partial charge in [0.2, 0.25) is 0 Å². The number of urea groups is 2. The molecule has 3 rings (SSSR count). The van der Waals surface area contributed by atoms with Crippen LogP contribution in [0.4, 0.5) is 21.0 Å². The molecule has 1 aliphatic carbocycles. The van der Waals surface area contributed by atoms with Gasteiger partial charge in [-0.3, -0.25) is 0 Å². The number of hydrogen-bond acceptors (Lipinski definition) is 2. The first-order chi connectivity index (χ1) is 15.9. The third kappa shape index (κ3) is 5.72. The van der Waals surface area contributed by atoms with Gasteiger partial charge in [-0.1, -0.05) is 49.2 Å². The van der Waals surface area contributed by atoms with Crippen molar-refractivity contribution < 1.29 is 9.59 Å². The van der Waals surface area contributed by atoms with Crippen molar-refractivity contribution >= 4 is 23.4 Å². The molecule has 4 N–H and O–H groups in total. The zero-order chi connectivity index (χ0) is 25.2. The summed E-state index contributed by atoms with van der Waals surface area (Å²) in [5, 5.41) is 12.1. The Morgan fingerprint density at radius 2 is 1.03 bits per heavy atom. The third-order valence-corrected chi connectivity index (χ3v) is 7.52. The van der Waals surface area contributed by atoms with E-state index in [-0.39, 0.29) is 17.5 Å². The molecule has 2 aromatic carbocycles. The van der Waals surface area contributed by atoms with Gasteiger partial charge in [0, 0.05) is 24.5 Å². The SMILES string of the molecule is Cc1cc(C)c(NC(=O)NC[C@H]2C[C@H](CNC(=O)Nc3c(C)cc(C)cc3C)C2(C)C)c(C)c1. The van der Waals surface area contributed by atoms with Crippen molar-refractivity contribution in [3.63, 3.8) is 0 Å². The number of anilines is 2. The Labute approximate surface area is 204 Å². The van der Waals surface area contributed by atoms with Crippen LogP contribution >= 0.6 is 0 Å². The van der Waals surface area contributed by atoms with Gasteiger partial charge in [-0.25, -0.2) is 9.59 Å². The fraction of sp³-hybridized carbons (Fsp3) is 0.500. The molecule has 1 fully saturated rings. The summed E-state index contributed by atoms with van der Waals surface area (Å²) in [6.45, 7) is 17.8. The van der Waals surface area contributed by atoms with E-state index < -0.39 is 0 Å². The van der Waals surface area contributed by atoms with Gasteiger partial charge < -0.3 is 21.3 Å². The smallest absolute Gasteiger partial charge is 0.319 e. The minimum absolute atomic E-state index is 0.0337. The highest BCUT2D eigenvalue weighted by Gasteiger charge is 2.47. The van der Waals surface area contributed by atoms with Crippen LogP contribution in [-0.2, 0) is 0 Å².